The van der Waals surface area contributed by atoms with Crippen molar-refractivity contribution in [2.24, 2.45) is 0 Å². The molecule has 0 spiro atoms. The van der Waals surface area contributed by atoms with Crippen molar-refractivity contribution >= 4 is 5.91 Å². The largest absolute Gasteiger partial charge is 0.394 e. The Balaban J connectivity index is 1.60. The molecule has 2 aliphatic heterocycles. The molecule has 542 valence electrons. The van der Waals surface area contributed by atoms with Crippen LogP contribution in [0.2, 0.25) is 0 Å². The van der Waals surface area contributed by atoms with Gasteiger partial charge in [-0.15, -0.1) is 0 Å². The normalized spacial score (nSPS) is 22.7. The molecular formula is C77H151NO13. The number of ether oxygens (including phenoxy) is 4. The lowest BCUT2D eigenvalue weighted by molar-refractivity contribution is -0.359. The number of aliphatic hydroxyl groups is 8. The molecule has 0 bridgehead atoms. The molecule has 0 saturated carbocycles. The van der Waals surface area contributed by atoms with E-state index in [2.05, 4.69) is 19.2 Å². The topological polar surface area (TPSA) is 228 Å². The monoisotopic (exact) mass is 1300 g/mol. The fraction of sp³-hybridized carbons (Fsp3) is 0.987. The highest BCUT2D eigenvalue weighted by Gasteiger charge is 2.51. The molecule has 0 aromatic carbocycles. The molecule has 12 unspecified atom stereocenters. The van der Waals surface area contributed by atoms with Gasteiger partial charge in [0.2, 0.25) is 5.91 Å². The van der Waals surface area contributed by atoms with E-state index < -0.39 is 86.8 Å². The van der Waals surface area contributed by atoms with Crippen LogP contribution in [0.4, 0.5) is 0 Å². The highest BCUT2D eigenvalue weighted by Crippen LogP contribution is 2.31. The molecular weight excluding hydrogens is 1150 g/mol. The molecule has 0 radical (unpaired) electrons. The van der Waals surface area contributed by atoms with Gasteiger partial charge in [-0.25, -0.2) is 0 Å². The van der Waals surface area contributed by atoms with Gasteiger partial charge in [-0.1, -0.05) is 373 Å². The van der Waals surface area contributed by atoms with E-state index in [1.165, 1.54) is 315 Å². The van der Waals surface area contributed by atoms with Crippen molar-refractivity contribution in [1.29, 1.82) is 0 Å². The van der Waals surface area contributed by atoms with Gasteiger partial charge < -0.3 is 65.1 Å². The molecule has 14 nitrogen and oxygen atoms in total. The number of carbonyl (C=O) groups excluding carboxylic acids is 1. The summed E-state index contributed by atoms with van der Waals surface area (Å²) in [6.07, 6.45) is 60.0. The summed E-state index contributed by atoms with van der Waals surface area (Å²) in [6.45, 7) is 2.95. The van der Waals surface area contributed by atoms with Crippen LogP contribution in [0.5, 0.6) is 0 Å². The number of aliphatic hydroxyl groups excluding tert-OH is 8. The van der Waals surface area contributed by atoms with E-state index in [0.29, 0.717) is 12.8 Å². The highest BCUT2D eigenvalue weighted by molar-refractivity contribution is 5.76. The van der Waals surface area contributed by atoms with Crippen LogP contribution in [0.3, 0.4) is 0 Å². The maximum atomic E-state index is 13.4. The lowest BCUT2D eigenvalue weighted by Crippen LogP contribution is -2.65. The van der Waals surface area contributed by atoms with E-state index in [-0.39, 0.29) is 12.5 Å². The van der Waals surface area contributed by atoms with Crippen LogP contribution in [0, 0.1) is 0 Å². The van der Waals surface area contributed by atoms with E-state index >= 15 is 0 Å². The zero-order valence-corrected chi connectivity index (χ0v) is 59.4. The van der Waals surface area contributed by atoms with Gasteiger partial charge in [0.05, 0.1) is 32.0 Å². The Kier molecular flexibility index (Phi) is 59.1. The second-order valence-electron chi connectivity index (χ2n) is 28.6. The molecule has 2 rings (SSSR count). The van der Waals surface area contributed by atoms with E-state index in [1.54, 1.807) is 0 Å². The first-order valence-corrected chi connectivity index (χ1v) is 39.8. The molecule has 2 fully saturated rings. The number of unbranched alkanes of at least 4 members (excludes halogenated alkanes) is 55. The summed E-state index contributed by atoms with van der Waals surface area (Å²) in [5.41, 5.74) is 0. The Hall–Kier alpha value is -1.01. The van der Waals surface area contributed by atoms with Gasteiger partial charge in [-0.05, 0) is 12.8 Å². The number of hydrogen-bond acceptors (Lipinski definition) is 13. The SMILES string of the molecule is CCCCCCCCCCCCCCCCCCCCCCCCCCCCCCCCCCC(=O)NC(COC1OC(CO)C(OC2OC(CO)C(O)C(O)C2O)C(O)C1O)C(O)CCCCCCCCCCCCCCCCCCCCCCCCCCC. The Morgan fingerprint density at radius 2 is 0.626 bits per heavy atom. The molecule has 91 heavy (non-hydrogen) atoms. The zero-order valence-electron chi connectivity index (χ0n) is 59.4. The molecule has 0 aliphatic carbocycles. The highest BCUT2D eigenvalue weighted by atomic mass is 16.7. The Morgan fingerprint density at radius 1 is 0.352 bits per heavy atom. The van der Waals surface area contributed by atoms with Crippen LogP contribution in [-0.2, 0) is 23.7 Å². The van der Waals surface area contributed by atoms with Crippen molar-refractivity contribution < 1.29 is 64.6 Å². The summed E-state index contributed by atoms with van der Waals surface area (Å²) in [4.78, 5) is 13.4. The minimum absolute atomic E-state index is 0.195. The maximum absolute atomic E-state index is 13.4. The average molecular weight is 1300 g/mol. The van der Waals surface area contributed by atoms with Crippen LogP contribution in [-0.4, -0.2) is 140 Å². The molecule has 0 aromatic rings. The predicted octanol–water partition coefficient (Wildman–Crippen LogP) is 17.5. The van der Waals surface area contributed by atoms with Crippen LogP contribution in [0.1, 0.15) is 393 Å². The molecule has 2 aliphatic rings. The smallest absolute Gasteiger partial charge is 0.220 e. The van der Waals surface area contributed by atoms with Gasteiger partial charge in [0.1, 0.15) is 48.8 Å². The lowest BCUT2D eigenvalue weighted by Gasteiger charge is -2.46. The second-order valence-corrected chi connectivity index (χ2v) is 28.6. The molecule has 1 amide bonds. The number of amides is 1. The summed E-state index contributed by atoms with van der Waals surface area (Å²) >= 11 is 0. The van der Waals surface area contributed by atoms with E-state index in [9.17, 15) is 45.6 Å². The number of rotatable bonds is 68. The minimum Gasteiger partial charge on any atom is -0.394 e. The molecule has 0 aromatic heterocycles. The summed E-state index contributed by atoms with van der Waals surface area (Å²) in [5, 5.41) is 87.8. The Labute approximate surface area is 559 Å². The average Bonchev–Trinajstić information content (AvgIpc) is 0.974. The summed E-state index contributed by atoms with van der Waals surface area (Å²) in [5.74, 6) is -0.195. The second kappa shape index (κ2) is 62.5. The van der Waals surface area contributed by atoms with Gasteiger partial charge >= 0.3 is 0 Å². The van der Waals surface area contributed by atoms with Crippen molar-refractivity contribution in [3.63, 3.8) is 0 Å². The van der Waals surface area contributed by atoms with Gasteiger partial charge in [-0.3, -0.25) is 4.79 Å². The molecule has 9 N–H and O–H groups in total. The first-order chi connectivity index (χ1) is 44.6. The number of hydrogen-bond donors (Lipinski definition) is 9. The molecule has 14 heteroatoms. The third kappa shape index (κ3) is 46.0. The van der Waals surface area contributed by atoms with Gasteiger partial charge in [-0.2, -0.15) is 0 Å². The zero-order chi connectivity index (χ0) is 65.9. The van der Waals surface area contributed by atoms with E-state index in [4.69, 9.17) is 18.9 Å². The summed E-state index contributed by atoms with van der Waals surface area (Å²) < 4.78 is 23.0. The Bertz CT molecular complexity index is 1530. The van der Waals surface area contributed by atoms with Gasteiger partial charge in [0.15, 0.2) is 12.6 Å². The summed E-state index contributed by atoms with van der Waals surface area (Å²) in [6, 6.07) is -0.825. The number of nitrogens with one attached hydrogen (secondary N) is 1. The van der Waals surface area contributed by atoms with E-state index in [1.807, 2.05) is 0 Å². The fourth-order valence-corrected chi connectivity index (χ4v) is 13.8. The minimum atomic E-state index is -1.78. The maximum Gasteiger partial charge on any atom is 0.220 e. The van der Waals surface area contributed by atoms with Gasteiger partial charge in [0, 0.05) is 6.42 Å². The van der Waals surface area contributed by atoms with Crippen molar-refractivity contribution in [2.45, 2.75) is 466 Å². The summed E-state index contributed by atoms with van der Waals surface area (Å²) in [7, 11) is 0. The molecule has 2 heterocycles. The van der Waals surface area contributed by atoms with Crippen molar-refractivity contribution in [3.05, 3.63) is 0 Å². The fourth-order valence-electron chi connectivity index (χ4n) is 13.8. The van der Waals surface area contributed by atoms with Crippen LogP contribution < -0.4 is 5.32 Å². The quantitative estimate of drug-likeness (QED) is 0.0259. The number of carbonyl (C=O) groups is 1. The first-order valence-electron chi connectivity index (χ1n) is 39.8. The standard InChI is InChI=1S/C77H151NO13/c1-3-5-7-9-11-13-15-17-19-21-23-25-27-29-30-31-32-33-34-35-37-39-41-43-45-47-49-51-53-55-57-59-61-69(82)78-65(64-88-76-74(87)72(85)75(68(63-80)90-76)91-77-73(86)71(84)70(83)67(62-79)89-77)66(81)60-58-56-54-52-50-48-46-44-42-40-38-36-28-26-24-22-20-18-16-14-12-10-8-6-4-2/h65-68,70-77,79-81,83-87H,3-64H2,1-2H3,(H,78,82). The van der Waals surface area contributed by atoms with E-state index in [0.717, 1.165) is 51.4 Å². The van der Waals surface area contributed by atoms with Gasteiger partial charge in [0.25, 0.3) is 0 Å². The van der Waals surface area contributed by atoms with Crippen LogP contribution >= 0.6 is 0 Å². The third-order valence-corrected chi connectivity index (χ3v) is 20.1. The Morgan fingerprint density at radius 3 is 0.934 bits per heavy atom. The predicted molar refractivity (Wildman–Crippen MR) is 374 cm³/mol. The van der Waals surface area contributed by atoms with Crippen LogP contribution in [0.25, 0.3) is 0 Å². The van der Waals surface area contributed by atoms with Crippen molar-refractivity contribution in [1.82, 2.24) is 5.32 Å². The van der Waals surface area contributed by atoms with Crippen molar-refractivity contribution in [2.75, 3.05) is 19.8 Å². The van der Waals surface area contributed by atoms with Crippen LogP contribution in [0.15, 0.2) is 0 Å². The first kappa shape index (κ1) is 86.1. The lowest BCUT2D eigenvalue weighted by atomic mass is 9.97. The van der Waals surface area contributed by atoms with Crippen molar-refractivity contribution in [3.8, 4) is 0 Å². The molecule has 2 saturated heterocycles. The molecule has 12 atom stereocenters. The third-order valence-electron chi connectivity index (χ3n) is 20.1.